The summed E-state index contributed by atoms with van der Waals surface area (Å²) in [5.41, 5.74) is 10.1. The van der Waals surface area contributed by atoms with Gasteiger partial charge in [-0.1, -0.05) is 61.5 Å². The number of rotatable bonds is 5. The first-order valence-electron chi connectivity index (χ1n) is 15.4. The molecule has 5 aromatic rings. The van der Waals surface area contributed by atoms with E-state index in [-0.39, 0.29) is 11.5 Å². The zero-order valence-corrected chi connectivity index (χ0v) is 25.6. The lowest BCUT2D eigenvalue weighted by atomic mass is 9.72. The highest BCUT2D eigenvalue weighted by atomic mass is 16.5. The zero-order valence-electron chi connectivity index (χ0n) is 25.6. The fourth-order valence-corrected chi connectivity index (χ4v) is 7.68. The van der Waals surface area contributed by atoms with Crippen LogP contribution in [0.25, 0.3) is 27.4 Å². The molecule has 1 aromatic heterocycles. The van der Waals surface area contributed by atoms with E-state index < -0.39 is 0 Å². The Morgan fingerprint density at radius 3 is 2.36 bits per heavy atom. The number of benzene rings is 4. The van der Waals surface area contributed by atoms with Crippen LogP contribution in [0.5, 0.6) is 5.75 Å². The molecule has 3 atom stereocenters. The number of hydrogen-bond acceptors (Lipinski definition) is 3. The molecule has 44 heavy (non-hydrogen) atoms. The van der Waals surface area contributed by atoms with E-state index in [4.69, 9.17) is 9.47 Å². The molecule has 0 saturated heterocycles. The monoisotopic (exact) mass is 576 g/mol. The molecule has 2 heterocycles. The van der Waals surface area contributed by atoms with E-state index >= 15 is 0 Å². The van der Waals surface area contributed by atoms with Crippen LogP contribution in [0.4, 0.5) is 11.4 Å². The maximum absolute atomic E-state index is 5.53. The lowest BCUT2D eigenvalue weighted by Gasteiger charge is -2.34. The van der Waals surface area contributed by atoms with E-state index in [0.717, 1.165) is 23.6 Å². The molecule has 0 bridgehead atoms. The Hall–Kier alpha value is -4.96. The van der Waals surface area contributed by atoms with Gasteiger partial charge in [0, 0.05) is 50.2 Å². The first-order chi connectivity index (χ1) is 21.5. The third-order valence-corrected chi connectivity index (χ3v) is 9.90. The highest BCUT2D eigenvalue weighted by Crippen LogP contribution is 2.56. The molecule has 3 unspecified atom stereocenters. The summed E-state index contributed by atoms with van der Waals surface area (Å²) in [4.78, 5) is 2.42. The van der Waals surface area contributed by atoms with Gasteiger partial charge >= 0.3 is 0 Å². The highest BCUT2D eigenvalue weighted by molar-refractivity contribution is 6.09. The molecule has 4 aromatic carbocycles. The van der Waals surface area contributed by atoms with E-state index in [9.17, 15) is 0 Å². The first-order valence-corrected chi connectivity index (χ1v) is 15.4. The molecule has 0 amide bonds. The minimum Gasteiger partial charge on any atom is -0.497 e. The molecule has 2 aliphatic carbocycles. The number of allylic oxidation sites excluding steroid dienone is 7. The van der Waals surface area contributed by atoms with E-state index in [1.54, 1.807) is 14.2 Å². The van der Waals surface area contributed by atoms with Gasteiger partial charge in [-0.3, -0.25) is 0 Å². The van der Waals surface area contributed by atoms with Crippen LogP contribution in [0.3, 0.4) is 0 Å². The number of anilines is 2. The van der Waals surface area contributed by atoms with Gasteiger partial charge in [0.25, 0.3) is 0 Å². The predicted octanol–water partition coefficient (Wildman–Crippen LogP) is 9.86. The van der Waals surface area contributed by atoms with Crippen molar-refractivity contribution >= 4 is 38.8 Å². The largest absolute Gasteiger partial charge is 0.497 e. The van der Waals surface area contributed by atoms with Gasteiger partial charge in [0.1, 0.15) is 11.5 Å². The molecule has 0 saturated carbocycles. The molecular weight excluding hydrogens is 540 g/mol. The Bertz CT molecular complexity index is 2060. The lowest BCUT2D eigenvalue weighted by molar-refractivity contribution is 0.295. The molecule has 1 aliphatic heterocycles. The Labute approximate surface area is 258 Å². The second-order valence-electron chi connectivity index (χ2n) is 12.4. The Morgan fingerprint density at radius 2 is 1.57 bits per heavy atom. The van der Waals surface area contributed by atoms with Crippen LogP contribution in [-0.2, 0) is 10.2 Å². The summed E-state index contributed by atoms with van der Waals surface area (Å²) in [6.45, 7) is 4.67. The van der Waals surface area contributed by atoms with Gasteiger partial charge in [0.2, 0.25) is 0 Å². The summed E-state index contributed by atoms with van der Waals surface area (Å²) in [7, 11) is 3.45. The van der Waals surface area contributed by atoms with Crippen molar-refractivity contribution in [3.63, 3.8) is 0 Å². The van der Waals surface area contributed by atoms with Gasteiger partial charge in [-0.05, 0) is 96.8 Å². The normalized spacial score (nSPS) is 22.4. The van der Waals surface area contributed by atoms with Gasteiger partial charge in [0.05, 0.1) is 20.3 Å². The van der Waals surface area contributed by atoms with Crippen LogP contribution in [0.1, 0.15) is 37.4 Å². The number of ether oxygens (including phenoxy) is 2. The van der Waals surface area contributed by atoms with Crippen molar-refractivity contribution in [2.24, 2.45) is 5.92 Å². The van der Waals surface area contributed by atoms with Gasteiger partial charge in [-0.25, -0.2) is 0 Å². The molecule has 0 spiro atoms. The predicted molar refractivity (Wildman–Crippen MR) is 181 cm³/mol. The molecule has 0 fully saturated rings. The molecule has 4 nitrogen and oxygen atoms in total. The molecule has 3 aliphatic rings. The van der Waals surface area contributed by atoms with Crippen molar-refractivity contribution in [1.29, 1.82) is 0 Å². The smallest absolute Gasteiger partial charge is 0.119 e. The van der Waals surface area contributed by atoms with Crippen LogP contribution in [0.2, 0.25) is 0 Å². The average molecular weight is 577 g/mol. The van der Waals surface area contributed by atoms with Gasteiger partial charge < -0.3 is 18.9 Å². The topological polar surface area (TPSA) is 26.6 Å². The van der Waals surface area contributed by atoms with Crippen molar-refractivity contribution in [2.45, 2.75) is 31.7 Å². The van der Waals surface area contributed by atoms with E-state index in [1.807, 2.05) is 12.1 Å². The number of hydrogen-bond donors (Lipinski definition) is 0. The Balaban J connectivity index is 1.23. The van der Waals surface area contributed by atoms with Gasteiger partial charge in [0.15, 0.2) is 0 Å². The second-order valence-corrected chi connectivity index (χ2v) is 12.4. The maximum Gasteiger partial charge on any atom is 0.119 e. The SMILES string of the molecule is COC1=CC(C)C(n2c3ccccc3c3cc(C4=CC=C5N(c6ccc(OC)cc6)c6ccccc6C5(C)C4)ccc32)C=C1. The minimum atomic E-state index is -0.142. The van der Waals surface area contributed by atoms with Crippen molar-refractivity contribution in [1.82, 2.24) is 4.57 Å². The summed E-state index contributed by atoms with van der Waals surface area (Å²) >= 11 is 0. The molecule has 8 rings (SSSR count). The number of aromatic nitrogens is 1. The fraction of sp³-hybridized carbons (Fsp3) is 0.200. The number of fused-ring (bicyclic) bond motifs is 6. The standard InChI is InChI=1S/C40H36N2O2/c1-26-23-31(44-4)19-21-35(26)42-36-11-7-5-9-32(36)33-24-27(13-20-37(33)42)28-14-22-39-40(2,25-28)34-10-6-8-12-38(34)41(39)29-15-17-30(43-3)18-16-29/h5-24,26,35H,25H2,1-4H3. The summed E-state index contributed by atoms with van der Waals surface area (Å²) < 4.78 is 13.5. The number of nitrogens with zero attached hydrogens (tertiary/aromatic N) is 2. The van der Waals surface area contributed by atoms with Crippen LogP contribution in [0, 0.1) is 5.92 Å². The minimum absolute atomic E-state index is 0.142. The molecule has 218 valence electrons. The van der Waals surface area contributed by atoms with Crippen LogP contribution in [-0.4, -0.2) is 18.8 Å². The third kappa shape index (κ3) is 3.90. The Morgan fingerprint density at radius 1 is 0.795 bits per heavy atom. The van der Waals surface area contributed by atoms with Crippen molar-refractivity contribution in [2.75, 3.05) is 19.1 Å². The maximum atomic E-state index is 5.53. The summed E-state index contributed by atoms with van der Waals surface area (Å²) in [5, 5.41) is 2.59. The average Bonchev–Trinajstić information content (AvgIpc) is 3.53. The quantitative estimate of drug-likeness (QED) is 0.208. The molecule has 4 heteroatoms. The van der Waals surface area contributed by atoms with Crippen molar-refractivity contribution in [3.8, 4) is 5.75 Å². The number of methoxy groups -OCH3 is 2. The highest BCUT2D eigenvalue weighted by Gasteiger charge is 2.45. The van der Waals surface area contributed by atoms with E-state index in [1.165, 1.54) is 49.9 Å². The summed E-state index contributed by atoms with van der Waals surface area (Å²) in [6.07, 6.45) is 12.2. The van der Waals surface area contributed by atoms with Crippen molar-refractivity contribution < 1.29 is 9.47 Å². The zero-order chi connectivity index (χ0) is 30.0. The molecular formula is C40H36N2O2. The van der Waals surface area contributed by atoms with Gasteiger partial charge in [-0.15, -0.1) is 0 Å². The van der Waals surface area contributed by atoms with E-state index in [2.05, 4.69) is 133 Å². The summed E-state index contributed by atoms with van der Waals surface area (Å²) in [5.74, 6) is 2.11. The first kappa shape index (κ1) is 26.7. The molecule has 0 radical (unpaired) electrons. The van der Waals surface area contributed by atoms with Crippen LogP contribution in [0.15, 0.2) is 133 Å². The summed E-state index contributed by atoms with van der Waals surface area (Å²) in [6, 6.07) is 33.4. The van der Waals surface area contributed by atoms with Gasteiger partial charge in [-0.2, -0.15) is 0 Å². The number of para-hydroxylation sites is 2. The fourth-order valence-electron chi connectivity index (χ4n) is 7.68. The second kappa shape index (κ2) is 10.1. The van der Waals surface area contributed by atoms with Crippen LogP contribution >= 0.6 is 0 Å². The third-order valence-electron chi connectivity index (χ3n) is 9.90. The Kier molecular flexibility index (Phi) is 6.09. The molecule has 0 N–H and O–H groups in total. The lowest BCUT2D eigenvalue weighted by Crippen LogP contribution is -2.28. The van der Waals surface area contributed by atoms with Crippen LogP contribution < -0.4 is 9.64 Å². The van der Waals surface area contributed by atoms with E-state index in [0.29, 0.717) is 5.92 Å². The van der Waals surface area contributed by atoms with Crippen molar-refractivity contribution in [3.05, 3.63) is 144 Å².